The van der Waals surface area contributed by atoms with Gasteiger partial charge in [0, 0.05) is 34.7 Å². The van der Waals surface area contributed by atoms with E-state index in [-0.39, 0.29) is 24.2 Å². The number of carbonyl (C=O) groups is 2. The minimum Gasteiger partial charge on any atom is -0.325 e. The summed E-state index contributed by atoms with van der Waals surface area (Å²) in [6.45, 7) is 0.372. The molecule has 130 valence electrons. The molecule has 26 heavy (non-hydrogen) atoms. The van der Waals surface area contributed by atoms with E-state index in [1.165, 1.54) is 0 Å². The predicted octanol–water partition coefficient (Wildman–Crippen LogP) is 4.48. The number of nitrogens with zero attached hydrogens (tertiary/aromatic N) is 1. The molecule has 0 bridgehead atoms. The van der Waals surface area contributed by atoms with Gasteiger partial charge in [0.1, 0.15) is 0 Å². The molecular formula is C21H17ClN2O2. The maximum absolute atomic E-state index is 12.7. The van der Waals surface area contributed by atoms with Gasteiger partial charge >= 0.3 is 0 Å². The zero-order valence-corrected chi connectivity index (χ0v) is 14.7. The van der Waals surface area contributed by atoms with Gasteiger partial charge in [-0.25, -0.2) is 0 Å². The maximum atomic E-state index is 12.7. The molecule has 1 aliphatic heterocycles. The molecule has 3 aromatic rings. The molecule has 1 atom stereocenters. The Kier molecular flexibility index (Phi) is 4.35. The summed E-state index contributed by atoms with van der Waals surface area (Å²) >= 11 is 5.90. The van der Waals surface area contributed by atoms with Crippen LogP contribution in [0, 0.1) is 5.92 Å². The molecule has 1 heterocycles. The van der Waals surface area contributed by atoms with E-state index < -0.39 is 0 Å². The van der Waals surface area contributed by atoms with E-state index >= 15 is 0 Å². The van der Waals surface area contributed by atoms with Gasteiger partial charge in [0.25, 0.3) is 0 Å². The van der Waals surface area contributed by atoms with Gasteiger partial charge in [-0.2, -0.15) is 0 Å². The topological polar surface area (TPSA) is 49.4 Å². The van der Waals surface area contributed by atoms with Crippen molar-refractivity contribution >= 4 is 45.6 Å². The van der Waals surface area contributed by atoms with Gasteiger partial charge in [0.15, 0.2) is 0 Å². The molecule has 4 nitrogen and oxygen atoms in total. The summed E-state index contributed by atoms with van der Waals surface area (Å²) in [5.41, 5.74) is 1.53. The molecular weight excluding hydrogens is 348 g/mol. The first-order valence-corrected chi connectivity index (χ1v) is 8.84. The van der Waals surface area contributed by atoms with E-state index in [2.05, 4.69) is 5.32 Å². The number of fused-ring (bicyclic) bond motifs is 1. The van der Waals surface area contributed by atoms with E-state index in [0.29, 0.717) is 11.6 Å². The van der Waals surface area contributed by atoms with E-state index in [0.717, 1.165) is 22.1 Å². The Morgan fingerprint density at radius 3 is 2.54 bits per heavy atom. The fourth-order valence-corrected chi connectivity index (χ4v) is 3.45. The number of hydrogen-bond donors (Lipinski definition) is 1. The first-order valence-electron chi connectivity index (χ1n) is 8.46. The molecule has 4 rings (SSSR count). The zero-order chi connectivity index (χ0) is 18.1. The van der Waals surface area contributed by atoms with Crippen LogP contribution in [0.2, 0.25) is 5.02 Å². The molecule has 1 N–H and O–H groups in total. The van der Waals surface area contributed by atoms with Crippen LogP contribution in [-0.2, 0) is 9.59 Å². The Morgan fingerprint density at radius 1 is 1.00 bits per heavy atom. The van der Waals surface area contributed by atoms with Crippen molar-refractivity contribution in [2.75, 3.05) is 16.8 Å². The Bertz CT molecular complexity index is 979. The average molecular weight is 365 g/mol. The third kappa shape index (κ3) is 3.16. The largest absolute Gasteiger partial charge is 0.325 e. The second-order valence-electron chi connectivity index (χ2n) is 6.40. The number of rotatable bonds is 3. The van der Waals surface area contributed by atoms with E-state index in [4.69, 9.17) is 11.6 Å². The van der Waals surface area contributed by atoms with E-state index in [9.17, 15) is 9.59 Å². The van der Waals surface area contributed by atoms with Crippen LogP contribution in [0.5, 0.6) is 0 Å². The predicted molar refractivity (Wildman–Crippen MR) is 104 cm³/mol. The minimum atomic E-state index is -0.378. The first-order chi connectivity index (χ1) is 12.6. The molecule has 1 fully saturated rings. The van der Waals surface area contributed by atoms with Gasteiger partial charge in [-0.1, -0.05) is 48.0 Å². The van der Waals surface area contributed by atoms with Gasteiger partial charge < -0.3 is 10.2 Å². The van der Waals surface area contributed by atoms with Gasteiger partial charge in [0.2, 0.25) is 11.8 Å². The summed E-state index contributed by atoms with van der Waals surface area (Å²) in [5.74, 6) is -0.561. The number of hydrogen-bond acceptors (Lipinski definition) is 2. The van der Waals surface area contributed by atoms with Crippen molar-refractivity contribution in [3.8, 4) is 0 Å². The highest BCUT2D eigenvalue weighted by atomic mass is 35.5. The molecule has 0 aromatic heterocycles. The third-order valence-electron chi connectivity index (χ3n) is 4.68. The molecule has 0 saturated carbocycles. The molecule has 2 amide bonds. The number of anilines is 2. The summed E-state index contributed by atoms with van der Waals surface area (Å²) < 4.78 is 0. The van der Waals surface area contributed by atoms with Crippen LogP contribution in [0.15, 0.2) is 66.7 Å². The standard InChI is InChI=1S/C21H17ClN2O2/c22-16-8-10-17(11-9-16)24-13-15(12-20(24)25)21(26)23-19-7-3-5-14-4-1-2-6-18(14)19/h1-11,15H,12-13H2,(H,23,26). The van der Waals surface area contributed by atoms with E-state index in [1.54, 1.807) is 29.2 Å². The lowest BCUT2D eigenvalue weighted by Crippen LogP contribution is -2.28. The SMILES string of the molecule is O=C(Nc1cccc2ccccc12)C1CC(=O)N(c2ccc(Cl)cc2)C1. The van der Waals surface area contributed by atoms with Crippen molar-refractivity contribution in [2.24, 2.45) is 5.92 Å². The van der Waals surface area contributed by atoms with Crippen molar-refractivity contribution in [1.29, 1.82) is 0 Å². The van der Waals surface area contributed by atoms with Crippen LogP contribution in [0.3, 0.4) is 0 Å². The molecule has 0 radical (unpaired) electrons. The Labute approximate surface area is 156 Å². The van der Waals surface area contributed by atoms with Gasteiger partial charge in [-0.15, -0.1) is 0 Å². The summed E-state index contributed by atoms with van der Waals surface area (Å²) in [6.07, 6.45) is 0.208. The Balaban J connectivity index is 1.52. The van der Waals surface area contributed by atoms with Crippen molar-refractivity contribution in [2.45, 2.75) is 6.42 Å². The lowest BCUT2D eigenvalue weighted by Gasteiger charge is -2.17. The summed E-state index contributed by atoms with van der Waals surface area (Å²) in [6, 6.07) is 20.8. The molecule has 1 aliphatic rings. The van der Waals surface area contributed by atoms with Crippen molar-refractivity contribution in [1.82, 2.24) is 0 Å². The molecule has 1 saturated heterocycles. The number of nitrogens with one attached hydrogen (secondary N) is 1. The third-order valence-corrected chi connectivity index (χ3v) is 4.93. The van der Waals surface area contributed by atoms with Crippen molar-refractivity contribution in [3.05, 3.63) is 71.8 Å². The summed E-state index contributed by atoms with van der Waals surface area (Å²) in [4.78, 5) is 26.7. The average Bonchev–Trinajstić information content (AvgIpc) is 3.05. The second kappa shape index (κ2) is 6.81. The fraction of sp³-hybridized carbons (Fsp3) is 0.143. The van der Waals surface area contributed by atoms with Crippen LogP contribution in [0.4, 0.5) is 11.4 Å². The fourth-order valence-electron chi connectivity index (χ4n) is 3.32. The zero-order valence-electron chi connectivity index (χ0n) is 14.0. The van der Waals surface area contributed by atoms with Crippen LogP contribution >= 0.6 is 11.6 Å². The van der Waals surface area contributed by atoms with Gasteiger partial charge in [-0.3, -0.25) is 9.59 Å². The smallest absolute Gasteiger partial charge is 0.229 e. The van der Waals surface area contributed by atoms with E-state index in [1.807, 2.05) is 42.5 Å². The lowest BCUT2D eigenvalue weighted by atomic mass is 10.1. The van der Waals surface area contributed by atoms with Crippen molar-refractivity contribution in [3.63, 3.8) is 0 Å². The summed E-state index contributed by atoms with van der Waals surface area (Å²) in [7, 11) is 0. The number of benzene rings is 3. The maximum Gasteiger partial charge on any atom is 0.229 e. The van der Waals surface area contributed by atoms with Crippen LogP contribution in [-0.4, -0.2) is 18.4 Å². The highest BCUT2D eigenvalue weighted by Gasteiger charge is 2.35. The molecule has 0 aliphatic carbocycles. The number of halogens is 1. The highest BCUT2D eigenvalue weighted by Crippen LogP contribution is 2.28. The van der Waals surface area contributed by atoms with Gasteiger partial charge in [0.05, 0.1) is 5.92 Å². The lowest BCUT2D eigenvalue weighted by molar-refractivity contribution is -0.122. The first kappa shape index (κ1) is 16.6. The molecule has 0 spiro atoms. The summed E-state index contributed by atoms with van der Waals surface area (Å²) in [5, 5.41) is 5.66. The normalized spacial score (nSPS) is 16.9. The quantitative estimate of drug-likeness (QED) is 0.744. The minimum absolute atomic E-state index is 0.0506. The Hall–Kier alpha value is -2.85. The van der Waals surface area contributed by atoms with Crippen LogP contribution in [0.1, 0.15) is 6.42 Å². The molecule has 1 unspecified atom stereocenters. The molecule has 3 aromatic carbocycles. The van der Waals surface area contributed by atoms with Crippen molar-refractivity contribution < 1.29 is 9.59 Å². The Morgan fingerprint density at radius 2 is 1.73 bits per heavy atom. The second-order valence-corrected chi connectivity index (χ2v) is 6.83. The monoisotopic (exact) mass is 364 g/mol. The van der Waals surface area contributed by atoms with Crippen LogP contribution < -0.4 is 10.2 Å². The molecule has 5 heteroatoms. The van der Waals surface area contributed by atoms with Crippen LogP contribution in [0.25, 0.3) is 10.8 Å². The number of carbonyl (C=O) groups excluding carboxylic acids is 2. The number of amides is 2. The highest BCUT2D eigenvalue weighted by molar-refractivity contribution is 6.30. The van der Waals surface area contributed by atoms with Gasteiger partial charge in [-0.05, 0) is 35.7 Å².